The van der Waals surface area contributed by atoms with Crippen LogP contribution in [-0.4, -0.2) is 26.8 Å². The number of benzene rings is 1. The van der Waals surface area contributed by atoms with Crippen LogP contribution in [0.3, 0.4) is 0 Å². The third-order valence-electron chi connectivity index (χ3n) is 6.16. The monoisotopic (exact) mass is 433 g/mol. The molecule has 5 rings (SSSR count). The Bertz CT molecular complexity index is 1210. The smallest absolute Gasteiger partial charge is 0.339 e. The number of carbonyl (C=O) groups is 2. The molecular weight excluding hydrogens is 413 g/mol. The van der Waals surface area contributed by atoms with E-state index in [0.717, 1.165) is 5.56 Å². The number of nitrogens with one attached hydrogen (secondary N) is 1. The molecule has 2 aromatic heterocycles. The number of hydrogen-bond acceptors (Lipinski definition) is 7. The average molecular weight is 433 g/mol. The van der Waals surface area contributed by atoms with Crippen LogP contribution in [0.5, 0.6) is 0 Å². The van der Waals surface area contributed by atoms with E-state index in [4.69, 9.17) is 10.5 Å². The van der Waals surface area contributed by atoms with Gasteiger partial charge in [-0.25, -0.2) is 19.2 Å². The van der Waals surface area contributed by atoms with Gasteiger partial charge in [-0.3, -0.25) is 9.78 Å². The van der Waals surface area contributed by atoms with Crippen LogP contribution in [0.1, 0.15) is 41.6 Å². The quantitative estimate of drug-likeness (QED) is 0.607. The van der Waals surface area contributed by atoms with Crippen LogP contribution >= 0.6 is 0 Å². The maximum atomic E-state index is 13.1. The molecule has 0 unspecified atom stereocenters. The fourth-order valence-corrected chi connectivity index (χ4v) is 4.40. The van der Waals surface area contributed by atoms with Crippen molar-refractivity contribution >= 4 is 23.4 Å². The van der Waals surface area contributed by atoms with Gasteiger partial charge in [0.25, 0.3) is 0 Å². The van der Waals surface area contributed by atoms with E-state index in [1.807, 2.05) is 0 Å². The first-order valence-corrected chi connectivity index (χ1v) is 10.3. The van der Waals surface area contributed by atoms with Crippen LogP contribution in [-0.2, 0) is 15.1 Å². The van der Waals surface area contributed by atoms with Crippen molar-refractivity contribution in [2.24, 2.45) is 5.92 Å². The predicted octanol–water partition coefficient (Wildman–Crippen LogP) is 3.45. The van der Waals surface area contributed by atoms with E-state index in [0.29, 0.717) is 48.3 Å². The lowest BCUT2D eigenvalue weighted by Crippen LogP contribution is -2.36. The number of nitrogens with two attached hydrogens (primary N) is 1. The maximum Gasteiger partial charge on any atom is 0.339 e. The highest BCUT2D eigenvalue weighted by molar-refractivity contribution is 5.96. The standard InChI is InChI=1S/C23H20FN5O3/c24-15-3-1-13(2-4-15)20-27-12-18(19(25)29-20)28-21(30)14-5-8-23(9-6-14)17-11-26-10-7-16(17)22(31)32-23/h1-4,7,10-12,14H,5-6,8-9H2,(H,28,30)(H2,25,27,29). The minimum absolute atomic E-state index is 0.129. The van der Waals surface area contributed by atoms with Gasteiger partial charge in [0.05, 0.1) is 11.8 Å². The van der Waals surface area contributed by atoms with E-state index in [9.17, 15) is 14.0 Å². The van der Waals surface area contributed by atoms with Gasteiger partial charge in [-0.05, 0) is 56.0 Å². The zero-order chi connectivity index (χ0) is 22.3. The highest BCUT2D eigenvalue weighted by Gasteiger charge is 2.48. The van der Waals surface area contributed by atoms with Crippen molar-refractivity contribution in [1.82, 2.24) is 15.0 Å². The van der Waals surface area contributed by atoms with Crippen molar-refractivity contribution in [3.63, 3.8) is 0 Å². The molecule has 9 heteroatoms. The number of rotatable bonds is 3. The number of nitrogens with zero attached hydrogens (tertiary/aromatic N) is 3. The van der Waals surface area contributed by atoms with E-state index in [2.05, 4.69) is 20.3 Å². The molecule has 1 spiro atoms. The number of anilines is 2. The van der Waals surface area contributed by atoms with Crippen LogP contribution in [0, 0.1) is 11.7 Å². The zero-order valence-corrected chi connectivity index (χ0v) is 17.0. The third-order valence-corrected chi connectivity index (χ3v) is 6.16. The molecule has 1 aliphatic carbocycles. The van der Waals surface area contributed by atoms with Crippen molar-refractivity contribution in [1.29, 1.82) is 0 Å². The summed E-state index contributed by atoms with van der Waals surface area (Å²) in [6, 6.07) is 7.42. The van der Waals surface area contributed by atoms with Crippen molar-refractivity contribution in [2.45, 2.75) is 31.3 Å². The number of aromatic nitrogens is 3. The van der Waals surface area contributed by atoms with Gasteiger partial charge in [0.15, 0.2) is 11.6 Å². The molecule has 162 valence electrons. The van der Waals surface area contributed by atoms with Crippen molar-refractivity contribution < 1.29 is 18.7 Å². The molecule has 0 radical (unpaired) electrons. The molecule has 1 amide bonds. The number of pyridine rings is 1. The van der Waals surface area contributed by atoms with Gasteiger partial charge in [0.2, 0.25) is 5.91 Å². The number of amides is 1. The Morgan fingerprint density at radius 1 is 1.16 bits per heavy atom. The normalized spacial score (nSPS) is 21.8. The molecule has 3 heterocycles. The topological polar surface area (TPSA) is 120 Å². The van der Waals surface area contributed by atoms with Crippen LogP contribution in [0.15, 0.2) is 48.9 Å². The van der Waals surface area contributed by atoms with Gasteiger partial charge in [-0.2, -0.15) is 0 Å². The summed E-state index contributed by atoms with van der Waals surface area (Å²) in [6.45, 7) is 0. The SMILES string of the molecule is Nc1nc(-c2ccc(F)cc2)ncc1NC(=O)C1CCC2(CC1)OC(=O)c1ccncc12. The molecule has 1 aromatic carbocycles. The first kappa shape index (κ1) is 20.0. The Morgan fingerprint density at radius 2 is 1.91 bits per heavy atom. The molecule has 32 heavy (non-hydrogen) atoms. The Hall–Kier alpha value is -3.88. The third kappa shape index (κ3) is 3.45. The molecule has 3 aromatic rings. The highest BCUT2D eigenvalue weighted by atomic mass is 19.1. The van der Waals surface area contributed by atoms with Gasteiger partial charge in [0, 0.05) is 29.4 Å². The minimum Gasteiger partial charge on any atom is -0.450 e. The lowest BCUT2D eigenvalue weighted by molar-refractivity contribution is -0.122. The van der Waals surface area contributed by atoms with E-state index in [-0.39, 0.29) is 29.4 Å². The molecule has 0 atom stereocenters. The van der Waals surface area contributed by atoms with Crippen LogP contribution in [0.2, 0.25) is 0 Å². The predicted molar refractivity (Wildman–Crippen MR) is 114 cm³/mol. The number of ether oxygens (including phenoxy) is 1. The summed E-state index contributed by atoms with van der Waals surface area (Å²) >= 11 is 0. The lowest BCUT2D eigenvalue weighted by atomic mass is 9.75. The number of halogens is 1. The Labute approximate surface area is 183 Å². The van der Waals surface area contributed by atoms with Crippen LogP contribution in [0.25, 0.3) is 11.4 Å². The molecule has 3 N–H and O–H groups in total. The summed E-state index contributed by atoms with van der Waals surface area (Å²) < 4.78 is 18.8. The number of fused-ring (bicyclic) bond motifs is 2. The van der Waals surface area contributed by atoms with Crippen molar-refractivity contribution in [3.8, 4) is 11.4 Å². The van der Waals surface area contributed by atoms with Gasteiger partial charge in [-0.1, -0.05) is 0 Å². The molecule has 1 aliphatic heterocycles. The van der Waals surface area contributed by atoms with E-state index >= 15 is 0 Å². The molecule has 8 nitrogen and oxygen atoms in total. The largest absolute Gasteiger partial charge is 0.450 e. The first-order valence-electron chi connectivity index (χ1n) is 10.3. The maximum absolute atomic E-state index is 13.1. The molecule has 0 saturated heterocycles. The second-order valence-corrected chi connectivity index (χ2v) is 8.07. The van der Waals surface area contributed by atoms with Gasteiger partial charge in [-0.15, -0.1) is 0 Å². The highest BCUT2D eigenvalue weighted by Crippen LogP contribution is 2.47. The number of esters is 1. The molecular formula is C23H20FN5O3. The zero-order valence-electron chi connectivity index (χ0n) is 17.0. The summed E-state index contributed by atoms with van der Waals surface area (Å²) in [7, 11) is 0. The molecule has 2 aliphatic rings. The van der Waals surface area contributed by atoms with Crippen LogP contribution < -0.4 is 11.1 Å². The molecule has 1 saturated carbocycles. The van der Waals surface area contributed by atoms with E-state index < -0.39 is 5.60 Å². The lowest BCUT2D eigenvalue weighted by Gasteiger charge is -2.35. The summed E-state index contributed by atoms with van der Waals surface area (Å²) in [6.07, 6.45) is 6.91. The van der Waals surface area contributed by atoms with E-state index in [1.165, 1.54) is 18.3 Å². The van der Waals surface area contributed by atoms with Crippen molar-refractivity contribution in [2.75, 3.05) is 11.1 Å². The molecule has 1 fully saturated rings. The number of nitrogen functional groups attached to an aromatic ring is 1. The number of hydrogen-bond donors (Lipinski definition) is 2. The average Bonchev–Trinajstić information content (AvgIpc) is 3.07. The Kier molecular flexibility index (Phi) is 4.80. The molecule has 0 bridgehead atoms. The summed E-state index contributed by atoms with van der Waals surface area (Å²) in [5.74, 6) is -0.653. The van der Waals surface area contributed by atoms with Gasteiger partial charge < -0.3 is 15.8 Å². The second kappa shape index (κ2) is 7.67. The Morgan fingerprint density at radius 3 is 2.62 bits per heavy atom. The fraction of sp³-hybridized carbons (Fsp3) is 0.261. The Balaban J connectivity index is 1.26. The number of carbonyl (C=O) groups excluding carboxylic acids is 2. The van der Waals surface area contributed by atoms with Crippen LogP contribution in [0.4, 0.5) is 15.9 Å². The first-order chi connectivity index (χ1) is 15.4. The van der Waals surface area contributed by atoms with Gasteiger partial charge in [0.1, 0.15) is 17.1 Å². The summed E-state index contributed by atoms with van der Waals surface area (Å²) in [5.41, 5.74) is 7.62. The summed E-state index contributed by atoms with van der Waals surface area (Å²) in [4.78, 5) is 37.6. The second-order valence-electron chi connectivity index (χ2n) is 8.07. The van der Waals surface area contributed by atoms with Gasteiger partial charge >= 0.3 is 5.97 Å². The summed E-state index contributed by atoms with van der Waals surface area (Å²) in [5, 5.41) is 2.81. The van der Waals surface area contributed by atoms with Crippen molar-refractivity contribution in [3.05, 3.63) is 65.9 Å². The van der Waals surface area contributed by atoms with E-state index in [1.54, 1.807) is 30.6 Å². The fourth-order valence-electron chi connectivity index (χ4n) is 4.40. The minimum atomic E-state index is -0.698.